The minimum atomic E-state index is -0.898. The lowest BCUT2D eigenvalue weighted by Gasteiger charge is -2.25. The predicted molar refractivity (Wildman–Crippen MR) is 100 cm³/mol. The van der Waals surface area contributed by atoms with Crippen molar-refractivity contribution >= 4 is 28.8 Å². The molecule has 27 heavy (non-hydrogen) atoms. The van der Waals surface area contributed by atoms with Crippen LogP contribution < -0.4 is 10.6 Å². The summed E-state index contributed by atoms with van der Waals surface area (Å²) in [5, 5.41) is 14.3. The largest absolute Gasteiger partial charge is 0.481 e. The first-order chi connectivity index (χ1) is 12.8. The predicted octanol–water partition coefficient (Wildman–Crippen LogP) is 3.65. The maximum atomic E-state index is 12.2. The van der Waals surface area contributed by atoms with Crippen LogP contribution in [0.15, 0.2) is 47.0 Å². The average molecular weight is 368 g/mol. The number of carboxylic acids is 1. The Balaban J connectivity index is 1.70. The molecule has 0 unspecified atom stereocenters. The van der Waals surface area contributed by atoms with Crippen LogP contribution in [0.3, 0.4) is 0 Å². The number of carboxylic acid groups (broad SMARTS) is 1. The molecular weight excluding hydrogens is 348 g/mol. The van der Waals surface area contributed by atoms with Crippen molar-refractivity contribution in [2.45, 2.75) is 32.2 Å². The summed E-state index contributed by atoms with van der Waals surface area (Å²) in [6.45, 7) is 3.54. The van der Waals surface area contributed by atoms with E-state index in [0.717, 1.165) is 0 Å². The molecule has 140 valence electrons. The number of hydrogen-bond donors (Lipinski definition) is 3. The number of pyridine rings is 1. The van der Waals surface area contributed by atoms with Crippen molar-refractivity contribution in [3.63, 3.8) is 0 Å². The van der Waals surface area contributed by atoms with E-state index in [2.05, 4.69) is 20.6 Å². The van der Waals surface area contributed by atoms with Crippen LogP contribution in [0.25, 0.3) is 22.7 Å². The fourth-order valence-corrected chi connectivity index (χ4v) is 2.55. The molecule has 0 spiro atoms. The van der Waals surface area contributed by atoms with E-state index in [4.69, 9.17) is 9.52 Å². The topological polar surface area (TPSA) is 117 Å². The van der Waals surface area contributed by atoms with Gasteiger partial charge in [0.25, 0.3) is 0 Å². The Kier molecular flexibility index (Phi) is 5.07. The van der Waals surface area contributed by atoms with Crippen molar-refractivity contribution in [3.8, 4) is 11.6 Å². The fraction of sp³-hybridized carbons (Fsp3) is 0.263. The number of carbonyl (C=O) groups excluding carboxylic acids is 1. The lowest BCUT2D eigenvalue weighted by Crippen LogP contribution is -2.45. The van der Waals surface area contributed by atoms with Gasteiger partial charge in [-0.25, -0.2) is 9.78 Å². The number of rotatable bonds is 6. The van der Waals surface area contributed by atoms with Crippen molar-refractivity contribution < 1.29 is 19.1 Å². The van der Waals surface area contributed by atoms with Crippen LogP contribution in [0.4, 0.5) is 10.5 Å². The van der Waals surface area contributed by atoms with Crippen molar-refractivity contribution in [1.82, 2.24) is 15.3 Å². The lowest BCUT2D eigenvalue weighted by molar-refractivity contribution is -0.137. The molecule has 3 rings (SSSR count). The van der Waals surface area contributed by atoms with Gasteiger partial charge in [-0.1, -0.05) is 6.07 Å². The average Bonchev–Trinajstić information content (AvgIpc) is 3.04. The van der Waals surface area contributed by atoms with Gasteiger partial charge >= 0.3 is 12.0 Å². The van der Waals surface area contributed by atoms with Gasteiger partial charge in [-0.15, -0.1) is 0 Å². The smallest absolute Gasteiger partial charge is 0.319 e. The number of hydrogen-bond acceptors (Lipinski definition) is 5. The monoisotopic (exact) mass is 368 g/mol. The van der Waals surface area contributed by atoms with Crippen LogP contribution in [0.5, 0.6) is 0 Å². The van der Waals surface area contributed by atoms with Gasteiger partial charge in [-0.2, -0.15) is 0 Å². The van der Waals surface area contributed by atoms with E-state index in [9.17, 15) is 9.59 Å². The Morgan fingerprint density at radius 3 is 2.74 bits per heavy atom. The number of aliphatic carboxylic acids is 1. The molecule has 0 saturated heterocycles. The second kappa shape index (κ2) is 7.45. The van der Waals surface area contributed by atoms with Crippen LogP contribution in [0.2, 0.25) is 0 Å². The highest BCUT2D eigenvalue weighted by Crippen LogP contribution is 2.25. The third kappa shape index (κ3) is 4.81. The first-order valence-electron chi connectivity index (χ1n) is 8.45. The van der Waals surface area contributed by atoms with Crippen LogP contribution in [-0.4, -0.2) is 32.6 Å². The molecule has 0 radical (unpaired) electrons. The highest BCUT2D eigenvalue weighted by Gasteiger charge is 2.21. The number of nitrogens with one attached hydrogen (secondary N) is 2. The molecule has 1 aromatic carbocycles. The van der Waals surface area contributed by atoms with Gasteiger partial charge in [0.05, 0.1) is 0 Å². The first kappa shape index (κ1) is 18.4. The zero-order valence-corrected chi connectivity index (χ0v) is 15.0. The molecule has 0 fully saturated rings. The van der Waals surface area contributed by atoms with Crippen molar-refractivity contribution in [2.75, 3.05) is 5.32 Å². The van der Waals surface area contributed by atoms with Crippen molar-refractivity contribution in [2.24, 2.45) is 0 Å². The number of benzene rings is 1. The normalized spacial score (nSPS) is 11.3. The lowest BCUT2D eigenvalue weighted by atomic mass is 9.99. The summed E-state index contributed by atoms with van der Waals surface area (Å²) < 4.78 is 5.73. The van der Waals surface area contributed by atoms with E-state index in [1.165, 1.54) is 0 Å². The van der Waals surface area contributed by atoms with Gasteiger partial charge in [-0.05, 0) is 44.5 Å². The fourth-order valence-electron chi connectivity index (χ4n) is 2.55. The van der Waals surface area contributed by atoms with Crippen molar-refractivity contribution in [1.29, 1.82) is 0 Å². The molecule has 0 aliphatic carbocycles. The minimum absolute atomic E-state index is 0.0202. The third-order valence-electron chi connectivity index (χ3n) is 3.95. The van der Waals surface area contributed by atoms with E-state index in [-0.39, 0.29) is 6.42 Å². The molecule has 2 aromatic heterocycles. The second-order valence-corrected chi connectivity index (χ2v) is 6.77. The Morgan fingerprint density at radius 1 is 1.22 bits per heavy atom. The summed E-state index contributed by atoms with van der Waals surface area (Å²) in [7, 11) is 0. The molecule has 0 saturated carbocycles. The number of aromatic nitrogens is 2. The van der Waals surface area contributed by atoms with Gasteiger partial charge in [0.2, 0.25) is 5.89 Å². The maximum absolute atomic E-state index is 12.2. The van der Waals surface area contributed by atoms with Crippen molar-refractivity contribution in [3.05, 3.63) is 42.6 Å². The summed E-state index contributed by atoms with van der Waals surface area (Å²) in [5.41, 5.74) is 1.70. The number of anilines is 1. The van der Waals surface area contributed by atoms with Crippen LogP contribution in [0.1, 0.15) is 26.7 Å². The molecule has 0 atom stereocenters. The first-order valence-corrected chi connectivity index (χ1v) is 8.45. The molecule has 2 heterocycles. The van der Waals surface area contributed by atoms with E-state index in [1.54, 1.807) is 44.3 Å². The summed E-state index contributed by atoms with van der Waals surface area (Å²) >= 11 is 0. The highest BCUT2D eigenvalue weighted by atomic mass is 16.4. The number of fused-ring (bicyclic) bond motifs is 1. The molecule has 8 nitrogen and oxygen atoms in total. The summed E-state index contributed by atoms with van der Waals surface area (Å²) in [6, 6.07) is 10.2. The molecule has 3 aromatic rings. The Hall–Kier alpha value is -3.42. The Morgan fingerprint density at radius 2 is 2.04 bits per heavy atom. The highest BCUT2D eigenvalue weighted by molar-refractivity contribution is 5.92. The van der Waals surface area contributed by atoms with E-state index < -0.39 is 17.5 Å². The standard InChI is InChI=1S/C19H20N4O4/c1-19(2,9-8-16(24)25)23-18(26)21-12-6-7-13-15(11-12)27-17(22-13)14-5-3-4-10-20-14/h3-7,10-11H,8-9H2,1-2H3,(H,24,25)(H2,21,23,26). The molecule has 0 aliphatic heterocycles. The summed E-state index contributed by atoms with van der Waals surface area (Å²) in [5.74, 6) is -0.494. The molecule has 3 N–H and O–H groups in total. The zero-order valence-electron chi connectivity index (χ0n) is 15.0. The Labute approximate surface area is 155 Å². The molecule has 0 aliphatic rings. The Bertz CT molecular complexity index is 966. The van der Waals surface area contributed by atoms with Gasteiger partial charge in [0.15, 0.2) is 5.58 Å². The third-order valence-corrected chi connectivity index (χ3v) is 3.95. The van der Waals surface area contributed by atoms with E-state index in [1.807, 2.05) is 12.1 Å². The van der Waals surface area contributed by atoms with Gasteiger partial charge in [-0.3, -0.25) is 9.78 Å². The summed E-state index contributed by atoms with van der Waals surface area (Å²) in [4.78, 5) is 31.5. The zero-order chi connectivity index (χ0) is 19.4. The SMILES string of the molecule is CC(C)(CCC(=O)O)NC(=O)Nc1ccc2nc(-c3ccccn3)oc2c1. The quantitative estimate of drug-likeness (QED) is 0.611. The molecular formula is C19H20N4O4. The van der Waals surface area contributed by atoms with Crippen LogP contribution in [-0.2, 0) is 4.79 Å². The van der Waals surface area contributed by atoms with Gasteiger partial charge in [0.1, 0.15) is 11.2 Å². The number of amides is 2. The van der Waals surface area contributed by atoms with E-state index in [0.29, 0.717) is 34.8 Å². The summed E-state index contributed by atoms with van der Waals surface area (Å²) in [6.07, 6.45) is 1.96. The minimum Gasteiger partial charge on any atom is -0.481 e. The number of nitrogens with zero attached hydrogens (tertiary/aromatic N) is 2. The van der Waals surface area contributed by atoms with E-state index >= 15 is 0 Å². The maximum Gasteiger partial charge on any atom is 0.319 e. The van der Waals surface area contributed by atoms with Crippen LogP contribution in [0, 0.1) is 0 Å². The molecule has 8 heteroatoms. The number of oxazole rings is 1. The second-order valence-electron chi connectivity index (χ2n) is 6.77. The number of urea groups is 1. The number of carbonyl (C=O) groups is 2. The van der Waals surface area contributed by atoms with Gasteiger partial charge < -0.3 is 20.2 Å². The molecule has 0 bridgehead atoms. The van der Waals surface area contributed by atoms with Gasteiger partial charge in [0, 0.05) is 29.9 Å². The van der Waals surface area contributed by atoms with Crippen LogP contribution >= 0.6 is 0 Å². The molecule has 2 amide bonds.